The largest absolute Gasteiger partial charge is 0.332 e. The molecule has 2 aromatic heterocycles. The Kier molecular flexibility index (Phi) is 3.68. The van der Waals surface area contributed by atoms with E-state index >= 15 is 0 Å². The van der Waals surface area contributed by atoms with Crippen LogP contribution in [0.4, 0.5) is 0 Å². The molecule has 1 atom stereocenters. The van der Waals surface area contributed by atoms with Gasteiger partial charge in [0, 0.05) is 24.6 Å². The van der Waals surface area contributed by atoms with E-state index in [2.05, 4.69) is 21.1 Å². The predicted molar refractivity (Wildman–Crippen MR) is 77.8 cm³/mol. The van der Waals surface area contributed by atoms with Gasteiger partial charge in [-0.1, -0.05) is 0 Å². The minimum Gasteiger partial charge on any atom is -0.332 e. The summed E-state index contributed by atoms with van der Waals surface area (Å²) in [4.78, 5) is 22.5. The average Bonchev–Trinajstić information content (AvgIpc) is 3.06. The monoisotopic (exact) mass is 285 g/mol. The smallest absolute Gasteiger partial charge is 0.274 e. The highest BCUT2D eigenvalue weighted by molar-refractivity contribution is 5.92. The van der Waals surface area contributed by atoms with Crippen LogP contribution in [0.25, 0.3) is 0 Å². The molecule has 0 aliphatic carbocycles. The van der Waals surface area contributed by atoms with E-state index < -0.39 is 0 Å². The number of hydrogen-bond acceptors (Lipinski definition) is 4. The number of amides is 1. The number of aromatic nitrogens is 4. The van der Waals surface area contributed by atoms with Crippen molar-refractivity contribution in [2.75, 3.05) is 6.54 Å². The van der Waals surface area contributed by atoms with Crippen molar-refractivity contribution in [3.63, 3.8) is 0 Å². The van der Waals surface area contributed by atoms with E-state index in [4.69, 9.17) is 0 Å². The van der Waals surface area contributed by atoms with Crippen molar-refractivity contribution in [2.45, 2.75) is 39.3 Å². The summed E-state index contributed by atoms with van der Waals surface area (Å²) >= 11 is 0. The second-order valence-corrected chi connectivity index (χ2v) is 5.49. The second kappa shape index (κ2) is 5.63. The average molecular weight is 285 g/mol. The summed E-state index contributed by atoms with van der Waals surface area (Å²) in [6.07, 6.45) is 6.69. The van der Waals surface area contributed by atoms with Crippen LogP contribution in [-0.4, -0.2) is 43.1 Å². The number of rotatable bonds is 3. The third-order valence-corrected chi connectivity index (χ3v) is 3.91. The molecule has 3 heterocycles. The zero-order valence-electron chi connectivity index (χ0n) is 12.4. The number of nitrogens with zero attached hydrogens (tertiary/aromatic N) is 5. The molecule has 1 fully saturated rings. The van der Waals surface area contributed by atoms with Crippen LogP contribution in [0.15, 0.2) is 24.7 Å². The molecule has 0 radical (unpaired) electrons. The Balaban J connectivity index is 1.77. The maximum Gasteiger partial charge on any atom is 0.274 e. The minimum absolute atomic E-state index is 0.0351. The van der Waals surface area contributed by atoms with Gasteiger partial charge in [0.05, 0.1) is 24.5 Å². The molecule has 21 heavy (non-hydrogen) atoms. The number of carbonyl (C=O) groups is 1. The van der Waals surface area contributed by atoms with Crippen LogP contribution < -0.4 is 0 Å². The van der Waals surface area contributed by atoms with Gasteiger partial charge >= 0.3 is 0 Å². The Morgan fingerprint density at radius 1 is 1.38 bits per heavy atom. The number of likely N-dealkylation sites (tertiary alicyclic amines) is 1. The molecule has 6 heteroatoms. The molecule has 6 nitrogen and oxygen atoms in total. The summed E-state index contributed by atoms with van der Waals surface area (Å²) in [5, 5.41) is 4.49. The maximum absolute atomic E-state index is 12.5. The fraction of sp³-hybridized carbons (Fsp3) is 0.467. The van der Waals surface area contributed by atoms with Crippen molar-refractivity contribution in [3.05, 3.63) is 41.7 Å². The zero-order valence-corrected chi connectivity index (χ0v) is 12.4. The minimum atomic E-state index is -0.0351. The highest BCUT2D eigenvalue weighted by Gasteiger charge is 2.30. The summed E-state index contributed by atoms with van der Waals surface area (Å²) < 4.78 is 1.99. The fourth-order valence-corrected chi connectivity index (χ4v) is 2.91. The van der Waals surface area contributed by atoms with Crippen molar-refractivity contribution >= 4 is 5.91 Å². The summed E-state index contributed by atoms with van der Waals surface area (Å²) in [7, 11) is 0. The third kappa shape index (κ3) is 2.79. The molecule has 3 rings (SSSR count). The van der Waals surface area contributed by atoms with Crippen molar-refractivity contribution < 1.29 is 4.79 Å². The highest BCUT2D eigenvalue weighted by Crippen LogP contribution is 2.21. The van der Waals surface area contributed by atoms with Crippen LogP contribution in [0.3, 0.4) is 0 Å². The van der Waals surface area contributed by atoms with Gasteiger partial charge in [0.25, 0.3) is 5.91 Å². The van der Waals surface area contributed by atoms with Crippen LogP contribution in [0.5, 0.6) is 0 Å². The first-order valence-electron chi connectivity index (χ1n) is 7.23. The Morgan fingerprint density at radius 3 is 2.90 bits per heavy atom. The number of aryl methyl sites for hydroxylation is 2. The molecule has 2 aromatic rings. The highest BCUT2D eigenvalue weighted by atomic mass is 16.2. The van der Waals surface area contributed by atoms with Gasteiger partial charge in [0.1, 0.15) is 5.69 Å². The molecule has 0 aromatic carbocycles. The van der Waals surface area contributed by atoms with E-state index in [-0.39, 0.29) is 11.9 Å². The van der Waals surface area contributed by atoms with Crippen molar-refractivity contribution in [2.24, 2.45) is 0 Å². The fourth-order valence-electron chi connectivity index (χ4n) is 2.91. The van der Waals surface area contributed by atoms with Crippen molar-refractivity contribution in [3.8, 4) is 0 Å². The molecule has 1 aliphatic rings. The molecular weight excluding hydrogens is 266 g/mol. The van der Waals surface area contributed by atoms with E-state index in [1.165, 1.54) is 6.20 Å². The van der Waals surface area contributed by atoms with E-state index in [9.17, 15) is 4.79 Å². The van der Waals surface area contributed by atoms with E-state index in [1.54, 1.807) is 12.4 Å². The summed E-state index contributed by atoms with van der Waals surface area (Å²) in [5.74, 6) is -0.0351. The summed E-state index contributed by atoms with van der Waals surface area (Å²) in [6, 6.07) is 2.24. The molecule has 110 valence electrons. The molecule has 1 saturated heterocycles. The van der Waals surface area contributed by atoms with E-state index in [1.807, 2.05) is 23.4 Å². The molecule has 0 spiro atoms. The standard InChI is InChI=1S/C15H19N5O/c1-11-8-12(2)20(18-11)10-13-4-3-7-19(13)15(21)14-9-16-5-6-17-14/h5-6,8-9,13H,3-4,7,10H2,1-2H3/t13-/m0/s1. The topological polar surface area (TPSA) is 63.9 Å². The van der Waals surface area contributed by atoms with Gasteiger partial charge in [-0.2, -0.15) is 5.10 Å². The summed E-state index contributed by atoms with van der Waals surface area (Å²) in [5.41, 5.74) is 2.56. The molecule has 1 amide bonds. The number of hydrogen-bond donors (Lipinski definition) is 0. The number of carbonyl (C=O) groups excluding carboxylic acids is 1. The lowest BCUT2D eigenvalue weighted by molar-refractivity contribution is 0.0714. The quantitative estimate of drug-likeness (QED) is 0.859. The summed E-state index contributed by atoms with van der Waals surface area (Å²) in [6.45, 7) is 5.55. The van der Waals surface area contributed by atoms with Gasteiger partial charge in [-0.25, -0.2) is 4.98 Å². The van der Waals surface area contributed by atoms with Crippen LogP contribution in [0.2, 0.25) is 0 Å². The first kappa shape index (κ1) is 13.7. The van der Waals surface area contributed by atoms with E-state index in [0.29, 0.717) is 5.69 Å². The SMILES string of the molecule is Cc1cc(C)n(C[C@@H]2CCCN2C(=O)c2cnccn2)n1. The van der Waals surface area contributed by atoms with Crippen LogP contribution in [0, 0.1) is 13.8 Å². The van der Waals surface area contributed by atoms with Gasteiger partial charge in [0.2, 0.25) is 0 Å². The third-order valence-electron chi connectivity index (χ3n) is 3.91. The van der Waals surface area contributed by atoms with Gasteiger partial charge in [0.15, 0.2) is 0 Å². The van der Waals surface area contributed by atoms with Crippen LogP contribution in [-0.2, 0) is 6.54 Å². The molecule has 0 N–H and O–H groups in total. The molecule has 0 saturated carbocycles. The van der Waals surface area contributed by atoms with Crippen molar-refractivity contribution in [1.82, 2.24) is 24.6 Å². The lowest BCUT2D eigenvalue weighted by Gasteiger charge is -2.24. The van der Waals surface area contributed by atoms with Gasteiger partial charge < -0.3 is 4.90 Å². The first-order valence-corrected chi connectivity index (χ1v) is 7.23. The molecule has 1 aliphatic heterocycles. The van der Waals surface area contributed by atoms with Gasteiger partial charge in [-0.05, 0) is 32.8 Å². The maximum atomic E-state index is 12.5. The molecule has 0 unspecified atom stereocenters. The Bertz CT molecular complexity index is 637. The Labute approximate surface area is 123 Å². The first-order chi connectivity index (χ1) is 10.1. The van der Waals surface area contributed by atoms with E-state index in [0.717, 1.165) is 37.3 Å². The normalized spacial score (nSPS) is 18.2. The lowest BCUT2D eigenvalue weighted by atomic mass is 10.2. The van der Waals surface area contributed by atoms with Crippen LogP contribution >= 0.6 is 0 Å². The molecule has 0 bridgehead atoms. The Morgan fingerprint density at radius 2 is 2.24 bits per heavy atom. The van der Waals surface area contributed by atoms with Crippen molar-refractivity contribution in [1.29, 1.82) is 0 Å². The zero-order chi connectivity index (χ0) is 14.8. The predicted octanol–water partition coefficient (Wildman–Crippen LogP) is 1.59. The van der Waals surface area contributed by atoms with Gasteiger partial charge in [-0.15, -0.1) is 0 Å². The Hall–Kier alpha value is -2.24. The van der Waals surface area contributed by atoms with Crippen LogP contribution in [0.1, 0.15) is 34.7 Å². The molecular formula is C15H19N5O. The van der Waals surface area contributed by atoms with Gasteiger partial charge in [-0.3, -0.25) is 14.5 Å². The second-order valence-electron chi connectivity index (χ2n) is 5.49. The lowest BCUT2D eigenvalue weighted by Crippen LogP contribution is -2.38.